The maximum Gasteiger partial charge on any atom is 0.262 e. The molecular weight excluding hydrogens is 376 g/mol. The van der Waals surface area contributed by atoms with Crippen molar-refractivity contribution in [2.24, 2.45) is 0 Å². The predicted octanol–water partition coefficient (Wildman–Crippen LogP) is 4.94. The third kappa shape index (κ3) is 3.35. The molecule has 0 aliphatic rings. The lowest BCUT2D eigenvalue weighted by Crippen LogP contribution is -2.12. The van der Waals surface area contributed by atoms with Crippen LogP contribution in [0.25, 0.3) is 10.9 Å². The summed E-state index contributed by atoms with van der Waals surface area (Å²) in [6.07, 6.45) is 1.70. The number of amides is 1. The van der Waals surface area contributed by atoms with Gasteiger partial charge in [-0.2, -0.15) is 0 Å². The molecule has 5 nitrogen and oxygen atoms in total. The van der Waals surface area contributed by atoms with E-state index in [0.29, 0.717) is 16.3 Å². The molecule has 1 aromatic heterocycles. The average molecular weight is 391 g/mol. The predicted molar refractivity (Wildman–Crippen MR) is 109 cm³/mol. The Balaban J connectivity index is 1.62. The summed E-state index contributed by atoms with van der Waals surface area (Å²) in [5, 5.41) is 13.8. The second-order valence-corrected chi connectivity index (χ2v) is 6.68. The van der Waals surface area contributed by atoms with Crippen LogP contribution < -0.4 is 5.32 Å². The SMILES string of the molecule is O=C(Nc1ccc2c(ccn2C(=O)c2ccccc2)c1)c1cc(Cl)ccc1O. The number of anilines is 1. The minimum absolute atomic E-state index is 0.0874. The zero-order chi connectivity index (χ0) is 19.7. The van der Waals surface area contributed by atoms with Gasteiger partial charge in [0.05, 0.1) is 11.1 Å². The zero-order valence-corrected chi connectivity index (χ0v) is 15.4. The standard InChI is InChI=1S/C22H15ClN2O3/c23-16-6-9-20(26)18(13-16)21(27)24-17-7-8-19-15(12-17)10-11-25(19)22(28)14-4-2-1-3-5-14/h1-13,26H,(H,24,27). The van der Waals surface area contributed by atoms with Crippen LogP contribution in [0, 0.1) is 0 Å². The van der Waals surface area contributed by atoms with Gasteiger partial charge in [-0.15, -0.1) is 0 Å². The number of nitrogens with zero attached hydrogens (tertiary/aromatic N) is 1. The summed E-state index contributed by atoms with van der Waals surface area (Å²) >= 11 is 5.90. The molecule has 0 atom stereocenters. The second kappa shape index (κ2) is 7.21. The van der Waals surface area contributed by atoms with Crippen molar-refractivity contribution in [3.8, 4) is 5.75 Å². The number of phenols is 1. The number of hydrogen-bond acceptors (Lipinski definition) is 3. The first-order valence-corrected chi connectivity index (χ1v) is 8.91. The largest absolute Gasteiger partial charge is 0.507 e. The van der Waals surface area contributed by atoms with E-state index in [9.17, 15) is 14.7 Å². The molecule has 1 heterocycles. The van der Waals surface area contributed by atoms with E-state index in [0.717, 1.165) is 10.9 Å². The summed E-state index contributed by atoms with van der Waals surface area (Å²) in [6, 6.07) is 20.3. The van der Waals surface area contributed by atoms with Crippen LogP contribution in [0.3, 0.4) is 0 Å². The minimum Gasteiger partial charge on any atom is -0.507 e. The fourth-order valence-corrected chi connectivity index (χ4v) is 3.18. The van der Waals surface area contributed by atoms with Crippen LogP contribution in [0.1, 0.15) is 20.7 Å². The summed E-state index contributed by atoms with van der Waals surface area (Å²) in [6.45, 7) is 0. The van der Waals surface area contributed by atoms with Crippen molar-refractivity contribution in [1.29, 1.82) is 0 Å². The lowest BCUT2D eigenvalue weighted by Gasteiger charge is -2.08. The van der Waals surface area contributed by atoms with Crippen LogP contribution in [0.5, 0.6) is 5.75 Å². The molecule has 2 N–H and O–H groups in total. The van der Waals surface area contributed by atoms with E-state index in [4.69, 9.17) is 11.6 Å². The topological polar surface area (TPSA) is 71.3 Å². The van der Waals surface area contributed by atoms with Crippen molar-refractivity contribution in [1.82, 2.24) is 4.57 Å². The highest BCUT2D eigenvalue weighted by atomic mass is 35.5. The Morgan fingerprint density at radius 3 is 2.50 bits per heavy atom. The van der Waals surface area contributed by atoms with Crippen molar-refractivity contribution in [2.75, 3.05) is 5.32 Å². The van der Waals surface area contributed by atoms with Crippen LogP contribution in [0.2, 0.25) is 5.02 Å². The number of phenolic OH excluding ortho intramolecular Hbond substituents is 1. The highest BCUT2D eigenvalue weighted by molar-refractivity contribution is 6.31. The van der Waals surface area contributed by atoms with Gasteiger partial charge in [-0.25, -0.2) is 0 Å². The number of aromatic hydroxyl groups is 1. The van der Waals surface area contributed by atoms with E-state index in [-0.39, 0.29) is 17.2 Å². The van der Waals surface area contributed by atoms with Crippen LogP contribution >= 0.6 is 11.6 Å². The minimum atomic E-state index is -0.473. The molecule has 138 valence electrons. The normalized spacial score (nSPS) is 10.8. The summed E-state index contributed by atoms with van der Waals surface area (Å²) in [5.41, 5.74) is 1.96. The molecule has 0 saturated carbocycles. The zero-order valence-electron chi connectivity index (χ0n) is 14.6. The van der Waals surface area contributed by atoms with Gasteiger partial charge < -0.3 is 10.4 Å². The molecule has 0 aliphatic carbocycles. The maximum absolute atomic E-state index is 12.7. The Hall–Kier alpha value is -3.57. The van der Waals surface area contributed by atoms with Crippen LogP contribution in [-0.2, 0) is 0 Å². The molecule has 0 aliphatic heterocycles. The molecular formula is C22H15ClN2O3. The van der Waals surface area contributed by atoms with Gasteiger partial charge in [0.2, 0.25) is 0 Å². The first-order chi connectivity index (χ1) is 13.5. The first kappa shape index (κ1) is 17.8. The van der Waals surface area contributed by atoms with Gasteiger partial charge in [0.25, 0.3) is 11.8 Å². The number of nitrogens with one attached hydrogen (secondary N) is 1. The summed E-state index contributed by atoms with van der Waals surface area (Å²) in [7, 11) is 0. The lowest BCUT2D eigenvalue weighted by molar-refractivity contribution is 0.0963. The molecule has 1 amide bonds. The van der Waals surface area contributed by atoms with E-state index < -0.39 is 5.91 Å². The molecule has 3 aromatic carbocycles. The van der Waals surface area contributed by atoms with Crippen molar-refractivity contribution < 1.29 is 14.7 Å². The van der Waals surface area contributed by atoms with Gasteiger partial charge in [0.1, 0.15) is 5.75 Å². The van der Waals surface area contributed by atoms with Gasteiger partial charge in [0, 0.05) is 27.9 Å². The number of rotatable bonds is 3. The van der Waals surface area contributed by atoms with Crippen molar-refractivity contribution in [2.45, 2.75) is 0 Å². The van der Waals surface area contributed by atoms with E-state index in [1.54, 1.807) is 41.1 Å². The molecule has 0 saturated heterocycles. The second-order valence-electron chi connectivity index (χ2n) is 6.25. The third-order valence-electron chi connectivity index (χ3n) is 4.39. The highest BCUT2D eigenvalue weighted by Crippen LogP contribution is 2.25. The monoisotopic (exact) mass is 390 g/mol. The number of halogens is 1. The van der Waals surface area contributed by atoms with E-state index in [1.165, 1.54) is 18.2 Å². The quantitative estimate of drug-likeness (QED) is 0.520. The summed E-state index contributed by atoms with van der Waals surface area (Å²) in [5.74, 6) is -0.752. The number of benzene rings is 3. The summed E-state index contributed by atoms with van der Waals surface area (Å²) < 4.78 is 1.57. The van der Waals surface area contributed by atoms with E-state index in [1.807, 2.05) is 24.3 Å². The Labute approximate surface area is 165 Å². The number of hydrogen-bond donors (Lipinski definition) is 2. The fraction of sp³-hybridized carbons (Fsp3) is 0. The van der Waals surface area contributed by atoms with Crippen molar-refractivity contribution >= 4 is 40.0 Å². The maximum atomic E-state index is 12.7. The van der Waals surface area contributed by atoms with Gasteiger partial charge in [-0.1, -0.05) is 29.8 Å². The molecule has 0 spiro atoms. The molecule has 28 heavy (non-hydrogen) atoms. The Kier molecular flexibility index (Phi) is 4.59. The first-order valence-electron chi connectivity index (χ1n) is 8.54. The van der Waals surface area contributed by atoms with Crippen molar-refractivity contribution in [3.05, 3.63) is 95.1 Å². The molecule has 0 fully saturated rings. The molecule has 0 unspecified atom stereocenters. The van der Waals surface area contributed by atoms with Crippen LogP contribution in [0.4, 0.5) is 5.69 Å². The van der Waals surface area contributed by atoms with Crippen LogP contribution in [0.15, 0.2) is 79.0 Å². The van der Waals surface area contributed by atoms with Crippen LogP contribution in [-0.4, -0.2) is 21.5 Å². The number of carbonyl (C=O) groups is 2. The van der Waals surface area contributed by atoms with Gasteiger partial charge in [0.15, 0.2) is 0 Å². The lowest BCUT2D eigenvalue weighted by atomic mass is 10.1. The average Bonchev–Trinajstić information content (AvgIpc) is 3.13. The summed E-state index contributed by atoms with van der Waals surface area (Å²) in [4.78, 5) is 25.1. The van der Waals surface area contributed by atoms with Gasteiger partial charge >= 0.3 is 0 Å². The van der Waals surface area contributed by atoms with Crippen molar-refractivity contribution in [3.63, 3.8) is 0 Å². The smallest absolute Gasteiger partial charge is 0.262 e. The fourth-order valence-electron chi connectivity index (χ4n) is 3.01. The Morgan fingerprint density at radius 1 is 0.929 bits per heavy atom. The molecule has 0 bridgehead atoms. The molecule has 4 rings (SSSR count). The molecule has 4 aromatic rings. The van der Waals surface area contributed by atoms with Gasteiger partial charge in [-0.05, 0) is 54.6 Å². The Bertz CT molecular complexity index is 1200. The van der Waals surface area contributed by atoms with E-state index in [2.05, 4.69) is 5.32 Å². The number of aromatic nitrogens is 1. The number of fused-ring (bicyclic) bond motifs is 1. The van der Waals surface area contributed by atoms with E-state index >= 15 is 0 Å². The number of carbonyl (C=O) groups excluding carboxylic acids is 2. The van der Waals surface area contributed by atoms with Gasteiger partial charge in [-0.3, -0.25) is 14.2 Å². The molecule has 0 radical (unpaired) electrons. The highest BCUT2D eigenvalue weighted by Gasteiger charge is 2.14. The Morgan fingerprint density at radius 2 is 1.71 bits per heavy atom. The third-order valence-corrected chi connectivity index (χ3v) is 4.63. The molecule has 6 heteroatoms.